The summed E-state index contributed by atoms with van der Waals surface area (Å²) >= 11 is 1.16. The number of nitro groups is 1. The van der Waals surface area contributed by atoms with Crippen LogP contribution in [-0.2, 0) is 4.79 Å². The quantitative estimate of drug-likeness (QED) is 0.189. The van der Waals surface area contributed by atoms with E-state index in [1.54, 1.807) is 62.6 Å². The highest BCUT2D eigenvalue weighted by molar-refractivity contribution is 7.07. The van der Waals surface area contributed by atoms with Crippen molar-refractivity contribution < 1.29 is 23.6 Å². The topological polar surface area (TPSA) is 138 Å². The lowest BCUT2D eigenvalue weighted by Crippen LogP contribution is -2.40. The number of thiazole rings is 1. The van der Waals surface area contributed by atoms with Gasteiger partial charge in [-0.25, -0.2) is 4.99 Å². The van der Waals surface area contributed by atoms with Gasteiger partial charge in [-0.1, -0.05) is 41.7 Å². The summed E-state index contributed by atoms with van der Waals surface area (Å²) in [4.78, 5) is 43.7. The highest BCUT2D eigenvalue weighted by Gasteiger charge is 2.33. The SMILES string of the molecule is COc1cccc([C@H]2C(C(=O)Nc3ccccc3)=C(C)N=c3s/c(=C\c4ccc(-c5cc([N+](=O)[O-])ccc5OC)o4)c(=O)n32)c1. The highest BCUT2D eigenvalue weighted by Crippen LogP contribution is 2.35. The molecule has 3 heterocycles. The molecular weight excluding hydrogens is 596 g/mol. The molecule has 12 heteroatoms. The van der Waals surface area contributed by atoms with Gasteiger partial charge in [-0.2, -0.15) is 0 Å². The summed E-state index contributed by atoms with van der Waals surface area (Å²) in [5, 5.41) is 14.3. The molecule has 1 atom stereocenters. The van der Waals surface area contributed by atoms with Crippen molar-refractivity contribution in [1.29, 1.82) is 0 Å². The Morgan fingerprint density at radius 1 is 1.04 bits per heavy atom. The number of carbonyl (C=O) groups excluding carboxylic acids is 1. The van der Waals surface area contributed by atoms with E-state index in [1.165, 1.54) is 29.9 Å². The molecule has 5 aromatic rings. The van der Waals surface area contributed by atoms with Crippen LogP contribution in [0.5, 0.6) is 11.5 Å². The molecule has 0 bridgehead atoms. The van der Waals surface area contributed by atoms with Gasteiger partial charge in [-0.3, -0.25) is 24.3 Å². The number of non-ortho nitro benzene ring substituents is 1. The molecule has 0 radical (unpaired) electrons. The number of amides is 1. The zero-order valence-electron chi connectivity index (χ0n) is 24.3. The summed E-state index contributed by atoms with van der Waals surface area (Å²) in [6.45, 7) is 1.75. The average molecular weight is 623 g/mol. The maximum atomic E-state index is 14.0. The molecule has 1 aliphatic rings. The molecule has 6 rings (SSSR count). The van der Waals surface area contributed by atoms with Gasteiger partial charge < -0.3 is 19.2 Å². The Morgan fingerprint density at radius 2 is 1.84 bits per heavy atom. The van der Waals surface area contributed by atoms with E-state index >= 15 is 0 Å². The lowest BCUT2D eigenvalue weighted by molar-refractivity contribution is -0.384. The minimum absolute atomic E-state index is 0.114. The number of anilines is 1. The third-order valence-corrected chi connectivity index (χ3v) is 8.25. The number of nitro benzene ring substituents is 1. The average Bonchev–Trinajstić information content (AvgIpc) is 3.64. The van der Waals surface area contributed by atoms with Gasteiger partial charge in [0.25, 0.3) is 17.2 Å². The molecule has 0 unspecified atom stereocenters. The molecule has 1 amide bonds. The van der Waals surface area contributed by atoms with Crippen molar-refractivity contribution in [1.82, 2.24) is 4.57 Å². The number of carbonyl (C=O) groups is 1. The van der Waals surface area contributed by atoms with E-state index in [2.05, 4.69) is 10.3 Å². The molecule has 226 valence electrons. The number of rotatable bonds is 8. The van der Waals surface area contributed by atoms with Gasteiger partial charge in [0.05, 0.1) is 46.6 Å². The number of ether oxygens (including phenoxy) is 2. The van der Waals surface area contributed by atoms with Gasteiger partial charge in [0.2, 0.25) is 0 Å². The maximum Gasteiger partial charge on any atom is 0.271 e. The molecular formula is C33H26N4O7S. The van der Waals surface area contributed by atoms with Gasteiger partial charge >= 0.3 is 0 Å². The molecule has 0 aliphatic carbocycles. The van der Waals surface area contributed by atoms with Crippen molar-refractivity contribution in [2.24, 2.45) is 4.99 Å². The second-order valence-electron chi connectivity index (χ2n) is 10.0. The first kappa shape index (κ1) is 29.3. The van der Waals surface area contributed by atoms with E-state index in [0.717, 1.165) is 11.3 Å². The molecule has 0 spiro atoms. The zero-order valence-corrected chi connectivity index (χ0v) is 25.2. The minimum Gasteiger partial charge on any atom is -0.497 e. The van der Waals surface area contributed by atoms with E-state index in [9.17, 15) is 19.7 Å². The van der Waals surface area contributed by atoms with Crippen LogP contribution in [0.4, 0.5) is 11.4 Å². The van der Waals surface area contributed by atoms with Crippen LogP contribution in [0.3, 0.4) is 0 Å². The van der Waals surface area contributed by atoms with Crippen LogP contribution in [0.25, 0.3) is 17.4 Å². The van der Waals surface area contributed by atoms with Gasteiger partial charge in [-0.15, -0.1) is 0 Å². The molecule has 1 aliphatic heterocycles. The Morgan fingerprint density at radius 3 is 2.58 bits per heavy atom. The van der Waals surface area contributed by atoms with Crippen molar-refractivity contribution in [2.45, 2.75) is 13.0 Å². The molecule has 1 N–H and O–H groups in total. The number of benzene rings is 3. The zero-order chi connectivity index (χ0) is 31.7. The van der Waals surface area contributed by atoms with Crippen LogP contribution in [0.1, 0.15) is 24.3 Å². The lowest BCUT2D eigenvalue weighted by Gasteiger charge is -2.25. The lowest BCUT2D eigenvalue weighted by atomic mass is 9.95. The highest BCUT2D eigenvalue weighted by atomic mass is 32.1. The summed E-state index contributed by atoms with van der Waals surface area (Å²) in [6, 6.07) is 23.0. The number of nitrogens with one attached hydrogen (secondary N) is 1. The second kappa shape index (κ2) is 12.1. The minimum atomic E-state index is -0.788. The molecule has 45 heavy (non-hydrogen) atoms. The normalized spacial score (nSPS) is 14.5. The number of nitrogens with zero attached hydrogens (tertiary/aromatic N) is 3. The predicted molar refractivity (Wildman–Crippen MR) is 169 cm³/mol. The number of hydrogen-bond donors (Lipinski definition) is 1. The van der Waals surface area contributed by atoms with Gasteiger partial charge in [0.15, 0.2) is 4.80 Å². The third kappa shape index (κ3) is 5.66. The molecule has 2 aromatic heterocycles. The number of allylic oxidation sites excluding steroid dienone is 1. The summed E-state index contributed by atoms with van der Waals surface area (Å²) in [5.74, 6) is 1.27. The monoisotopic (exact) mass is 622 g/mol. The first-order chi connectivity index (χ1) is 21.8. The Bertz CT molecular complexity index is 2160. The van der Waals surface area contributed by atoms with Crippen LogP contribution in [-0.4, -0.2) is 29.6 Å². The van der Waals surface area contributed by atoms with E-state index in [1.807, 2.05) is 24.3 Å². The number of fused-ring (bicyclic) bond motifs is 1. The fourth-order valence-electron chi connectivity index (χ4n) is 5.17. The van der Waals surface area contributed by atoms with Crippen molar-refractivity contribution in [3.8, 4) is 22.8 Å². The number of furan rings is 1. The van der Waals surface area contributed by atoms with E-state index in [-0.39, 0.29) is 17.2 Å². The maximum absolute atomic E-state index is 14.0. The first-order valence-electron chi connectivity index (χ1n) is 13.7. The van der Waals surface area contributed by atoms with Crippen molar-refractivity contribution >= 4 is 34.7 Å². The molecule has 0 saturated heterocycles. The standard InChI is InChI=1S/C33H26N4O7S/c1-19-29(31(38)35-21-9-5-4-6-10-21)30(20-8-7-11-23(16-20)42-2)36-32(39)28(45-33(36)34-19)18-24-13-15-27(44-24)25-17-22(37(40)41)12-14-26(25)43-3/h4-18,30H,1-3H3,(H,35,38)/b28-18-/t30-/m0/s1. The van der Waals surface area contributed by atoms with Crippen molar-refractivity contribution in [2.75, 3.05) is 19.5 Å². The fraction of sp³-hybridized carbons (Fsp3) is 0.121. The largest absolute Gasteiger partial charge is 0.497 e. The Kier molecular flexibility index (Phi) is 7.88. The Labute approximate surface area is 260 Å². The summed E-state index contributed by atoms with van der Waals surface area (Å²) < 4.78 is 18.7. The predicted octanol–water partition coefficient (Wildman–Crippen LogP) is 5.06. The number of hydrogen-bond acceptors (Lipinski definition) is 9. The molecule has 3 aromatic carbocycles. The summed E-state index contributed by atoms with van der Waals surface area (Å²) in [7, 11) is 3.01. The Balaban J connectivity index is 1.45. The van der Waals surface area contributed by atoms with Crippen molar-refractivity contribution in [3.63, 3.8) is 0 Å². The fourth-order valence-corrected chi connectivity index (χ4v) is 6.19. The van der Waals surface area contributed by atoms with Crippen LogP contribution in [0, 0.1) is 10.1 Å². The van der Waals surface area contributed by atoms with Gasteiger partial charge in [0, 0.05) is 23.9 Å². The summed E-state index contributed by atoms with van der Waals surface area (Å²) in [5.41, 5.74) is 2.00. The van der Waals surface area contributed by atoms with Crippen LogP contribution >= 0.6 is 11.3 Å². The number of methoxy groups -OCH3 is 2. The molecule has 0 saturated carbocycles. The van der Waals surface area contributed by atoms with Gasteiger partial charge in [-0.05, 0) is 55.0 Å². The van der Waals surface area contributed by atoms with Crippen molar-refractivity contribution in [3.05, 3.63) is 137 Å². The van der Waals surface area contributed by atoms with E-state index in [0.29, 0.717) is 60.4 Å². The van der Waals surface area contributed by atoms with E-state index < -0.39 is 11.0 Å². The van der Waals surface area contributed by atoms with Gasteiger partial charge in [0.1, 0.15) is 23.0 Å². The Hall–Kier alpha value is -5.75. The first-order valence-corrected chi connectivity index (χ1v) is 14.5. The number of aromatic nitrogens is 1. The summed E-state index contributed by atoms with van der Waals surface area (Å²) in [6.07, 6.45) is 1.59. The number of para-hydroxylation sites is 1. The molecule has 11 nitrogen and oxygen atoms in total. The van der Waals surface area contributed by atoms with Crippen LogP contribution in [0.15, 0.2) is 110 Å². The van der Waals surface area contributed by atoms with E-state index in [4.69, 9.17) is 13.9 Å². The third-order valence-electron chi connectivity index (χ3n) is 7.27. The smallest absolute Gasteiger partial charge is 0.271 e. The van der Waals surface area contributed by atoms with Crippen LogP contribution < -0.4 is 29.7 Å². The molecule has 0 fully saturated rings. The second-order valence-corrected chi connectivity index (χ2v) is 11.0. The van der Waals surface area contributed by atoms with Crippen LogP contribution in [0.2, 0.25) is 0 Å².